The number of fused-ring (bicyclic) bond motifs is 1. The van der Waals surface area contributed by atoms with Crippen LogP contribution in [0.25, 0.3) is 10.2 Å². The monoisotopic (exact) mass is 446 g/mol. The minimum absolute atomic E-state index is 0.122. The van der Waals surface area contributed by atoms with Crippen molar-refractivity contribution in [2.24, 2.45) is 7.05 Å². The second-order valence-corrected chi connectivity index (χ2v) is 8.84. The van der Waals surface area contributed by atoms with Crippen molar-refractivity contribution < 1.29 is 9.53 Å². The molecular weight excluding hydrogens is 420 g/mol. The summed E-state index contributed by atoms with van der Waals surface area (Å²) in [5.41, 5.74) is 4.63. The van der Waals surface area contributed by atoms with Crippen LogP contribution < -0.4 is 20.3 Å². The molecule has 0 saturated carbocycles. The number of hydrogen-bond donors (Lipinski definition) is 2. The van der Waals surface area contributed by atoms with Crippen molar-refractivity contribution in [3.63, 3.8) is 0 Å². The molecule has 3 heterocycles. The fraction of sp³-hybridized carbons (Fsp3) is 0.240. The predicted octanol–water partition coefficient (Wildman–Crippen LogP) is 4.48. The molecule has 164 valence electrons. The largest absolute Gasteiger partial charge is 0.489 e. The van der Waals surface area contributed by atoms with Crippen LogP contribution >= 0.6 is 11.3 Å². The molecule has 2 N–H and O–H groups in total. The number of aryl methyl sites for hydroxylation is 1. The number of rotatable bonds is 6. The summed E-state index contributed by atoms with van der Waals surface area (Å²) in [4.78, 5) is 15.3. The average Bonchev–Trinajstić information content (AvgIpc) is 3.42. The molecule has 0 unspecified atom stereocenters. The Labute approximate surface area is 191 Å². The summed E-state index contributed by atoms with van der Waals surface area (Å²) in [6, 6.07) is 20.0. The second kappa shape index (κ2) is 9.06. The van der Waals surface area contributed by atoms with Crippen LogP contribution in [0, 0.1) is 0 Å². The van der Waals surface area contributed by atoms with Gasteiger partial charge in [0.1, 0.15) is 18.1 Å². The Balaban J connectivity index is 1.26. The maximum atomic E-state index is 12.9. The molecule has 0 atom stereocenters. The van der Waals surface area contributed by atoms with Gasteiger partial charge in [0.05, 0.1) is 10.2 Å². The van der Waals surface area contributed by atoms with E-state index in [0.29, 0.717) is 12.3 Å². The Morgan fingerprint density at radius 2 is 1.88 bits per heavy atom. The zero-order valence-corrected chi connectivity index (χ0v) is 18.8. The van der Waals surface area contributed by atoms with Gasteiger partial charge in [0, 0.05) is 50.2 Å². The highest BCUT2D eigenvalue weighted by atomic mass is 32.1. The van der Waals surface area contributed by atoms with E-state index in [-0.39, 0.29) is 5.91 Å². The summed E-state index contributed by atoms with van der Waals surface area (Å²) >= 11 is 1.64. The highest BCUT2D eigenvalue weighted by Crippen LogP contribution is 2.26. The fourth-order valence-electron chi connectivity index (χ4n) is 4.06. The fourth-order valence-corrected chi connectivity index (χ4v) is 4.91. The quantitative estimate of drug-likeness (QED) is 0.459. The Hall–Kier alpha value is -3.29. The van der Waals surface area contributed by atoms with Crippen molar-refractivity contribution in [2.45, 2.75) is 6.61 Å². The standard InChI is InChI=1S/C25H26N4O2S/c1-28-22-10-15-32-24(22)16-23(28)25(30)27-21-5-3-2-4-18(21)17-31-20-8-6-19(7-9-20)29-13-11-26-12-14-29/h2-10,15-16,26H,11-14,17H2,1H3,(H,27,30). The van der Waals surface area contributed by atoms with E-state index in [9.17, 15) is 4.79 Å². The van der Waals surface area contributed by atoms with E-state index >= 15 is 0 Å². The van der Waals surface area contributed by atoms with Gasteiger partial charge in [-0.25, -0.2) is 0 Å². The molecule has 5 rings (SSSR count). The number of para-hydroxylation sites is 1. The van der Waals surface area contributed by atoms with Crippen LogP contribution in [-0.4, -0.2) is 36.7 Å². The molecule has 1 aliphatic heterocycles. The van der Waals surface area contributed by atoms with Crippen LogP contribution in [0.5, 0.6) is 5.75 Å². The Bertz CT molecular complexity index is 1220. The maximum absolute atomic E-state index is 12.9. The Kier molecular flexibility index (Phi) is 5.83. The van der Waals surface area contributed by atoms with Crippen molar-refractivity contribution in [1.29, 1.82) is 0 Å². The normalized spacial score (nSPS) is 14.0. The zero-order valence-electron chi connectivity index (χ0n) is 18.0. The molecule has 0 bridgehead atoms. The molecule has 32 heavy (non-hydrogen) atoms. The number of nitrogens with one attached hydrogen (secondary N) is 2. The van der Waals surface area contributed by atoms with Crippen molar-refractivity contribution in [2.75, 3.05) is 36.4 Å². The lowest BCUT2D eigenvalue weighted by molar-refractivity contribution is 0.101. The van der Waals surface area contributed by atoms with E-state index in [1.165, 1.54) is 5.69 Å². The lowest BCUT2D eigenvalue weighted by atomic mass is 10.2. The third kappa shape index (κ3) is 4.22. The summed E-state index contributed by atoms with van der Waals surface area (Å²) in [5.74, 6) is 0.691. The molecule has 2 aromatic heterocycles. The van der Waals surface area contributed by atoms with Gasteiger partial charge in [-0.15, -0.1) is 11.3 Å². The molecule has 0 radical (unpaired) electrons. The molecule has 6 nitrogen and oxygen atoms in total. The van der Waals surface area contributed by atoms with Gasteiger partial charge in [-0.1, -0.05) is 18.2 Å². The van der Waals surface area contributed by atoms with Crippen molar-refractivity contribution in [3.8, 4) is 5.75 Å². The van der Waals surface area contributed by atoms with Gasteiger partial charge in [0.2, 0.25) is 0 Å². The van der Waals surface area contributed by atoms with Gasteiger partial charge in [0.15, 0.2) is 0 Å². The van der Waals surface area contributed by atoms with E-state index in [2.05, 4.69) is 27.7 Å². The topological polar surface area (TPSA) is 58.5 Å². The number of carbonyl (C=O) groups excluding carboxylic acids is 1. The van der Waals surface area contributed by atoms with E-state index < -0.39 is 0 Å². The van der Waals surface area contributed by atoms with Crippen LogP contribution in [0.4, 0.5) is 11.4 Å². The van der Waals surface area contributed by atoms with Gasteiger partial charge < -0.3 is 24.8 Å². The highest BCUT2D eigenvalue weighted by molar-refractivity contribution is 7.17. The molecule has 0 spiro atoms. The molecule has 2 aromatic carbocycles. The van der Waals surface area contributed by atoms with Gasteiger partial charge in [-0.05, 0) is 47.8 Å². The first kappa shape index (κ1) is 20.6. The van der Waals surface area contributed by atoms with Crippen LogP contribution in [0.15, 0.2) is 66.0 Å². The highest BCUT2D eigenvalue weighted by Gasteiger charge is 2.16. The van der Waals surface area contributed by atoms with E-state index in [1.807, 2.05) is 65.5 Å². The molecule has 1 amide bonds. The van der Waals surface area contributed by atoms with Crippen molar-refractivity contribution in [1.82, 2.24) is 9.88 Å². The minimum atomic E-state index is -0.122. The van der Waals surface area contributed by atoms with Gasteiger partial charge in [-0.3, -0.25) is 4.79 Å². The number of thiophene rings is 1. The number of aromatic nitrogens is 1. The van der Waals surface area contributed by atoms with Crippen molar-refractivity contribution in [3.05, 3.63) is 77.3 Å². The summed E-state index contributed by atoms with van der Waals surface area (Å²) in [5, 5.41) is 8.47. The molecule has 1 fully saturated rings. The minimum Gasteiger partial charge on any atom is -0.489 e. The number of amides is 1. The summed E-state index contributed by atoms with van der Waals surface area (Å²) in [6.45, 7) is 4.45. The van der Waals surface area contributed by atoms with E-state index in [0.717, 1.165) is 53.4 Å². The Morgan fingerprint density at radius 3 is 2.66 bits per heavy atom. The van der Waals surface area contributed by atoms with Gasteiger partial charge in [0.25, 0.3) is 5.91 Å². The maximum Gasteiger partial charge on any atom is 0.272 e. The van der Waals surface area contributed by atoms with Crippen LogP contribution in [0.2, 0.25) is 0 Å². The zero-order chi connectivity index (χ0) is 21.9. The summed E-state index contributed by atoms with van der Waals surface area (Å²) < 4.78 is 9.08. The molecule has 1 aliphatic rings. The van der Waals surface area contributed by atoms with Crippen LogP contribution in [0.1, 0.15) is 16.1 Å². The van der Waals surface area contributed by atoms with Crippen LogP contribution in [0.3, 0.4) is 0 Å². The first-order valence-electron chi connectivity index (χ1n) is 10.8. The lowest BCUT2D eigenvalue weighted by Crippen LogP contribution is -2.43. The molecule has 1 saturated heterocycles. The number of ether oxygens (including phenoxy) is 1. The first-order valence-corrected chi connectivity index (χ1v) is 11.7. The third-order valence-corrected chi connectivity index (χ3v) is 6.73. The van der Waals surface area contributed by atoms with Crippen molar-refractivity contribution >= 4 is 38.8 Å². The number of piperazine rings is 1. The van der Waals surface area contributed by atoms with E-state index in [4.69, 9.17) is 4.74 Å². The predicted molar refractivity (Wildman–Crippen MR) is 131 cm³/mol. The van der Waals surface area contributed by atoms with Gasteiger partial charge >= 0.3 is 0 Å². The number of hydrogen-bond acceptors (Lipinski definition) is 5. The number of carbonyl (C=O) groups is 1. The first-order chi connectivity index (χ1) is 15.7. The number of nitrogens with zero attached hydrogens (tertiary/aromatic N) is 2. The second-order valence-electron chi connectivity index (χ2n) is 7.89. The summed E-state index contributed by atoms with van der Waals surface area (Å²) in [6.07, 6.45) is 0. The molecule has 0 aliphatic carbocycles. The Morgan fingerprint density at radius 1 is 1.09 bits per heavy atom. The SMILES string of the molecule is Cn1c(C(=O)Nc2ccccc2COc2ccc(N3CCNCC3)cc2)cc2sccc21. The van der Waals surface area contributed by atoms with E-state index in [1.54, 1.807) is 11.3 Å². The lowest BCUT2D eigenvalue weighted by Gasteiger charge is -2.29. The smallest absolute Gasteiger partial charge is 0.272 e. The summed E-state index contributed by atoms with van der Waals surface area (Å²) in [7, 11) is 1.92. The average molecular weight is 447 g/mol. The molecule has 4 aromatic rings. The third-order valence-electron chi connectivity index (χ3n) is 5.88. The molecule has 7 heteroatoms. The molecular formula is C25H26N4O2S. The number of anilines is 2. The van der Waals surface area contributed by atoms with Gasteiger partial charge in [-0.2, -0.15) is 0 Å². The van der Waals surface area contributed by atoms with Crippen LogP contribution in [-0.2, 0) is 13.7 Å². The number of benzene rings is 2.